The summed E-state index contributed by atoms with van der Waals surface area (Å²) in [6.45, 7) is 3.24. The van der Waals surface area contributed by atoms with Gasteiger partial charge in [-0.05, 0) is 43.0 Å². The molecule has 0 spiro atoms. The summed E-state index contributed by atoms with van der Waals surface area (Å²) in [5.74, 6) is 0. The summed E-state index contributed by atoms with van der Waals surface area (Å²) >= 11 is 0. The van der Waals surface area contributed by atoms with Gasteiger partial charge in [0.1, 0.15) is 0 Å². The average Bonchev–Trinajstić information content (AvgIpc) is 2.89. The van der Waals surface area contributed by atoms with Gasteiger partial charge in [0.15, 0.2) is 0 Å². The maximum Gasteiger partial charge on any atom is 0.0558 e. The Labute approximate surface area is 108 Å². The van der Waals surface area contributed by atoms with Crippen LogP contribution in [0.25, 0.3) is 0 Å². The molecule has 3 rings (SSSR count). The predicted molar refractivity (Wildman–Crippen MR) is 72.5 cm³/mol. The van der Waals surface area contributed by atoms with Gasteiger partial charge < -0.3 is 4.90 Å². The fourth-order valence-corrected chi connectivity index (χ4v) is 2.76. The van der Waals surface area contributed by atoms with Gasteiger partial charge in [-0.1, -0.05) is 6.07 Å². The van der Waals surface area contributed by atoms with E-state index in [0.717, 1.165) is 6.54 Å². The summed E-state index contributed by atoms with van der Waals surface area (Å²) in [7, 11) is 0. The molecule has 92 valence electrons. The van der Waals surface area contributed by atoms with Crippen LogP contribution >= 0.6 is 0 Å². The van der Waals surface area contributed by atoms with E-state index in [1.807, 2.05) is 30.9 Å². The van der Waals surface area contributed by atoms with E-state index in [1.165, 1.54) is 29.7 Å². The first-order valence-electron chi connectivity index (χ1n) is 6.43. The van der Waals surface area contributed by atoms with Crippen LogP contribution in [0.4, 0.5) is 5.69 Å². The van der Waals surface area contributed by atoms with Crippen LogP contribution in [-0.2, 0) is 0 Å². The molecule has 2 aromatic heterocycles. The van der Waals surface area contributed by atoms with Crippen molar-refractivity contribution < 1.29 is 0 Å². The Bertz CT molecular complexity index is 524. The molecule has 0 bridgehead atoms. The zero-order valence-corrected chi connectivity index (χ0v) is 10.6. The molecule has 1 atom stereocenters. The molecule has 0 unspecified atom stereocenters. The van der Waals surface area contributed by atoms with Crippen LogP contribution in [0.3, 0.4) is 0 Å². The van der Waals surface area contributed by atoms with Gasteiger partial charge in [-0.15, -0.1) is 0 Å². The summed E-state index contributed by atoms with van der Waals surface area (Å²) in [4.78, 5) is 10.9. The normalized spacial score (nSPS) is 19.2. The smallest absolute Gasteiger partial charge is 0.0558 e. The molecular weight excluding hydrogens is 222 g/mol. The van der Waals surface area contributed by atoms with Crippen LogP contribution in [0.15, 0.2) is 43.0 Å². The lowest BCUT2D eigenvalue weighted by Crippen LogP contribution is -2.23. The highest BCUT2D eigenvalue weighted by Crippen LogP contribution is 2.36. The zero-order chi connectivity index (χ0) is 12.4. The average molecular weight is 239 g/mol. The number of hydrogen-bond acceptors (Lipinski definition) is 3. The minimum atomic E-state index is 0.458. The van der Waals surface area contributed by atoms with E-state index in [0.29, 0.717) is 6.04 Å². The van der Waals surface area contributed by atoms with Gasteiger partial charge in [0, 0.05) is 37.0 Å². The van der Waals surface area contributed by atoms with Crippen LogP contribution in [0.1, 0.15) is 30.0 Å². The first-order chi connectivity index (χ1) is 8.86. The summed E-state index contributed by atoms with van der Waals surface area (Å²) < 4.78 is 0. The van der Waals surface area contributed by atoms with Crippen LogP contribution in [0.5, 0.6) is 0 Å². The van der Waals surface area contributed by atoms with Crippen molar-refractivity contribution >= 4 is 5.69 Å². The van der Waals surface area contributed by atoms with Gasteiger partial charge in [-0.25, -0.2) is 0 Å². The Kier molecular flexibility index (Phi) is 2.97. The molecule has 0 aliphatic carbocycles. The van der Waals surface area contributed by atoms with E-state index in [-0.39, 0.29) is 0 Å². The highest BCUT2D eigenvalue weighted by molar-refractivity contribution is 5.54. The monoisotopic (exact) mass is 239 g/mol. The first-order valence-corrected chi connectivity index (χ1v) is 6.43. The second kappa shape index (κ2) is 4.77. The molecule has 1 aliphatic heterocycles. The quantitative estimate of drug-likeness (QED) is 0.806. The standard InChI is InChI=1S/C15H17N3/c1-12-10-17-8-6-14(12)18-9-3-5-15(18)13-4-2-7-16-11-13/h2,4,6-8,10-11,15H,3,5,9H2,1H3/t15-/m0/s1. The number of rotatable bonds is 2. The lowest BCUT2D eigenvalue weighted by Gasteiger charge is -2.28. The molecule has 0 saturated carbocycles. The molecule has 1 saturated heterocycles. The second-order valence-corrected chi connectivity index (χ2v) is 4.80. The number of aromatic nitrogens is 2. The summed E-state index contributed by atoms with van der Waals surface area (Å²) in [6.07, 6.45) is 10.1. The highest BCUT2D eigenvalue weighted by atomic mass is 15.2. The topological polar surface area (TPSA) is 29.0 Å². The van der Waals surface area contributed by atoms with Gasteiger partial charge in [0.25, 0.3) is 0 Å². The fourth-order valence-electron chi connectivity index (χ4n) is 2.76. The van der Waals surface area contributed by atoms with Crippen molar-refractivity contribution in [3.8, 4) is 0 Å². The molecule has 0 amide bonds. The Morgan fingerprint density at radius 2 is 2.06 bits per heavy atom. The predicted octanol–water partition coefficient (Wildman–Crippen LogP) is 3.13. The Hall–Kier alpha value is -1.90. The third-order valence-electron chi connectivity index (χ3n) is 3.62. The highest BCUT2D eigenvalue weighted by Gasteiger charge is 2.27. The largest absolute Gasteiger partial charge is 0.364 e. The van der Waals surface area contributed by atoms with E-state index in [9.17, 15) is 0 Å². The minimum absolute atomic E-state index is 0.458. The fraction of sp³-hybridized carbons (Fsp3) is 0.333. The van der Waals surface area contributed by atoms with Crippen molar-refractivity contribution in [3.05, 3.63) is 54.1 Å². The lowest BCUT2D eigenvalue weighted by molar-refractivity contribution is 0.713. The van der Waals surface area contributed by atoms with Crippen molar-refractivity contribution in [2.75, 3.05) is 11.4 Å². The molecule has 3 nitrogen and oxygen atoms in total. The van der Waals surface area contributed by atoms with Crippen molar-refractivity contribution in [1.29, 1.82) is 0 Å². The van der Waals surface area contributed by atoms with Gasteiger partial charge in [0.05, 0.1) is 6.04 Å². The van der Waals surface area contributed by atoms with Crippen molar-refractivity contribution in [2.45, 2.75) is 25.8 Å². The van der Waals surface area contributed by atoms with Crippen LogP contribution < -0.4 is 4.90 Å². The van der Waals surface area contributed by atoms with Gasteiger partial charge in [-0.3, -0.25) is 9.97 Å². The Morgan fingerprint density at radius 1 is 1.17 bits per heavy atom. The minimum Gasteiger partial charge on any atom is -0.364 e. The van der Waals surface area contributed by atoms with Crippen LogP contribution in [0.2, 0.25) is 0 Å². The molecule has 0 radical (unpaired) electrons. The maximum absolute atomic E-state index is 4.24. The van der Waals surface area contributed by atoms with Crippen molar-refractivity contribution in [2.24, 2.45) is 0 Å². The van der Waals surface area contributed by atoms with Crippen molar-refractivity contribution in [3.63, 3.8) is 0 Å². The molecule has 2 aromatic rings. The molecule has 1 fully saturated rings. The van der Waals surface area contributed by atoms with E-state index in [4.69, 9.17) is 0 Å². The van der Waals surface area contributed by atoms with Crippen LogP contribution in [0, 0.1) is 6.92 Å². The molecule has 18 heavy (non-hydrogen) atoms. The number of nitrogens with zero attached hydrogens (tertiary/aromatic N) is 3. The molecule has 0 aromatic carbocycles. The molecule has 3 heteroatoms. The Morgan fingerprint density at radius 3 is 2.83 bits per heavy atom. The SMILES string of the molecule is Cc1cnccc1N1CCC[C@H]1c1cccnc1. The van der Waals surface area contributed by atoms with Gasteiger partial charge >= 0.3 is 0 Å². The van der Waals surface area contributed by atoms with Crippen molar-refractivity contribution in [1.82, 2.24) is 9.97 Å². The summed E-state index contributed by atoms with van der Waals surface area (Å²) in [6, 6.07) is 6.77. The lowest BCUT2D eigenvalue weighted by atomic mass is 10.1. The number of aryl methyl sites for hydroxylation is 1. The second-order valence-electron chi connectivity index (χ2n) is 4.80. The number of hydrogen-bond donors (Lipinski definition) is 0. The zero-order valence-electron chi connectivity index (χ0n) is 10.6. The number of anilines is 1. The molecular formula is C15H17N3. The van der Waals surface area contributed by atoms with Gasteiger partial charge in [-0.2, -0.15) is 0 Å². The third-order valence-corrected chi connectivity index (χ3v) is 3.62. The summed E-state index contributed by atoms with van der Waals surface area (Å²) in [5.41, 5.74) is 3.86. The molecule has 1 aliphatic rings. The Balaban J connectivity index is 1.95. The van der Waals surface area contributed by atoms with E-state index < -0.39 is 0 Å². The van der Waals surface area contributed by atoms with E-state index in [1.54, 1.807) is 0 Å². The summed E-state index contributed by atoms with van der Waals surface area (Å²) in [5, 5.41) is 0. The first kappa shape index (κ1) is 11.2. The van der Waals surface area contributed by atoms with E-state index in [2.05, 4.69) is 33.9 Å². The molecule has 3 heterocycles. The molecule has 0 N–H and O–H groups in total. The van der Waals surface area contributed by atoms with Crippen LogP contribution in [-0.4, -0.2) is 16.5 Å². The maximum atomic E-state index is 4.24. The van der Waals surface area contributed by atoms with Gasteiger partial charge in [0.2, 0.25) is 0 Å². The van der Waals surface area contributed by atoms with E-state index >= 15 is 0 Å². The third kappa shape index (κ3) is 1.96. The number of pyridine rings is 2.